The zero-order valence-corrected chi connectivity index (χ0v) is 12.5. The molecule has 2 N–H and O–H groups in total. The Hall–Kier alpha value is -1.37. The molecule has 1 amide bonds. The molecule has 19 heavy (non-hydrogen) atoms. The van der Waals surface area contributed by atoms with Crippen LogP contribution in [0.4, 0.5) is 11.8 Å². The van der Waals surface area contributed by atoms with Crippen LogP contribution in [0.5, 0.6) is 0 Å². The second-order valence-corrected chi connectivity index (χ2v) is 5.23. The topological polar surface area (TPSA) is 70.2 Å². The number of carbonyl (C=O) groups is 1. The van der Waals surface area contributed by atoms with Gasteiger partial charge in [0.25, 0.3) is 0 Å². The van der Waals surface area contributed by atoms with E-state index in [4.69, 9.17) is 0 Å². The van der Waals surface area contributed by atoms with E-state index in [1.165, 1.54) is 0 Å². The molecule has 0 bridgehead atoms. The van der Waals surface area contributed by atoms with Crippen LogP contribution in [-0.4, -0.2) is 42.1 Å². The highest BCUT2D eigenvalue weighted by Crippen LogP contribution is 2.24. The van der Waals surface area contributed by atoms with E-state index in [1.54, 1.807) is 6.20 Å². The number of nitrogens with zero attached hydrogens (tertiary/aromatic N) is 3. The van der Waals surface area contributed by atoms with E-state index in [2.05, 4.69) is 48.4 Å². The molecule has 2 heterocycles. The smallest absolute Gasteiger partial charge is 0.224 e. The molecule has 0 aromatic carbocycles. The van der Waals surface area contributed by atoms with Crippen molar-refractivity contribution in [2.24, 2.45) is 0 Å². The number of anilines is 2. The maximum Gasteiger partial charge on any atom is 0.224 e. The van der Waals surface area contributed by atoms with Gasteiger partial charge in [0, 0.05) is 38.8 Å². The van der Waals surface area contributed by atoms with Crippen LogP contribution in [0, 0.1) is 0 Å². The maximum absolute atomic E-state index is 11.4. The van der Waals surface area contributed by atoms with E-state index in [9.17, 15) is 4.79 Å². The lowest BCUT2D eigenvalue weighted by atomic mass is 10.3. The second-order valence-electron chi connectivity index (χ2n) is 4.38. The Bertz CT molecular complexity index is 454. The third-order valence-corrected chi connectivity index (χ3v) is 3.43. The van der Waals surface area contributed by atoms with Crippen molar-refractivity contribution in [2.45, 2.75) is 19.8 Å². The Kier molecular flexibility index (Phi) is 4.95. The summed E-state index contributed by atoms with van der Waals surface area (Å²) in [7, 11) is 0. The van der Waals surface area contributed by atoms with E-state index in [1.807, 2.05) is 0 Å². The summed E-state index contributed by atoms with van der Waals surface area (Å²) in [5.41, 5.74) is 0. The maximum atomic E-state index is 11.4. The van der Waals surface area contributed by atoms with Crippen LogP contribution in [0.15, 0.2) is 10.7 Å². The highest BCUT2D eigenvalue weighted by molar-refractivity contribution is 9.10. The molecule has 104 valence electrons. The number of hydrogen-bond acceptors (Lipinski definition) is 5. The highest BCUT2D eigenvalue weighted by atomic mass is 79.9. The Labute approximate surface area is 121 Å². The minimum absolute atomic E-state index is 0.0945. The lowest BCUT2D eigenvalue weighted by Gasteiger charge is -2.22. The Balaban J connectivity index is 2.15. The molecule has 1 aromatic rings. The van der Waals surface area contributed by atoms with Crippen molar-refractivity contribution in [3.63, 3.8) is 0 Å². The molecule has 1 saturated heterocycles. The van der Waals surface area contributed by atoms with Gasteiger partial charge in [-0.2, -0.15) is 4.98 Å². The third kappa shape index (κ3) is 3.79. The van der Waals surface area contributed by atoms with Gasteiger partial charge in [0.1, 0.15) is 5.82 Å². The molecule has 1 aliphatic heterocycles. The standard InChI is InChI=1S/C12H18BrN5O/c1-2-4-15-12-16-8-9(13)11(17-12)18-6-3-10(19)14-5-7-18/h8H,2-7H2,1H3,(H,14,19)(H,15,16,17). The molecule has 0 saturated carbocycles. The molecule has 6 nitrogen and oxygen atoms in total. The summed E-state index contributed by atoms with van der Waals surface area (Å²) >= 11 is 3.47. The summed E-state index contributed by atoms with van der Waals surface area (Å²) in [5, 5.41) is 6.03. The number of rotatable bonds is 4. The highest BCUT2D eigenvalue weighted by Gasteiger charge is 2.17. The molecule has 1 aromatic heterocycles. The first-order valence-corrected chi connectivity index (χ1v) is 7.28. The van der Waals surface area contributed by atoms with Gasteiger partial charge in [0.2, 0.25) is 11.9 Å². The van der Waals surface area contributed by atoms with Crippen molar-refractivity contribution in [3.05, 3.63) is 10.7 Å². The summed E-state index contributed by atoms with van der Waals surface area (Å²) < 4.78 is 0.851. The van der Waals surface area contributed by atoms with Crippen molar-refractivity contribution in [3.8, 4) is 0 Å². The van der Waals surface area contributed by atoms with Crippen molar-refractivity contribution >= 4 is 33.6 Å². The molecule has 0 radical (unpaired) electrons. The SMILES string of the molecule is CCCNc1ncc(Br)c(N2CCNC(=O)CC2)n1. The average Bonchev–Trinajstić information content (AvgIpc) is 2.63. The molecular formula is C12H18BrN5O. The van der Waals surface area contributed by atoms with Gasteiger partial charge in [-0.25, -0.2) is 4.98 Å². The van der Waals surface area contributed by atoms with Gasteiger partial charge in [-0.3, -0.25) is 4.79 Å². The first-order valence-electron chi connectivity index (χ1n) is 6.48. The first-order chi connectivity index (χ1) is 9.20. The van der Waals surface area contributed by atoms with E-state index < -0.39 is 0 Å². The number of nitrogens with one attached hydrogen (secondary N) is 2. The minimum Gasteiger partial charge on any atom is -0.354 e. The van der Waals surface area contributed by atoms with E-state index in [0.717, 1.165) is 29.8 Å². The Morgan fingerprint density at radius 1 is 1.53 bits per heavy atom. The molecule has 0 atom stereocenters. The van der Waals surface area contributed by atoms with Gasteiger partial charge < -0.3 is 15.5 Å². The van der Waals surface area contributed by atoms with Crippen LogP contribution in [-0.2, 0) is 4.79 Å². The largest absolute Gasteiger partial charge is 0.354 e. The van der Waals surface area contributed by atoms with Crippen molar-refractivity contribution in [2.75, 3.05) is 36.4 Å². The fourth-order valence-electron chi connectivity index (χ4n) is 1.88. The fourth-order valence-corrected chi connectivity index (χ4v) is 2.32. The number of hydrogen-bond donors (Lipinski definition) is 2. The molecule has 2 rings (SSSR count). The van der Waals surface area contributed by atoms with E-state index in [0.29, 0.717) is 25.5 Å². The number of carbonyl (C=O) groups excluding carboxylic acids is 1. The van der Waals surface area contributed by atoms with E-state index in [-0.39, 0.29) is 5.91 Å². The molecule has 1 aliphatic rings. The predicted molar refractivity (Wildman–Crippen MR) is 78.4 cm³/mol. The monoisotopic (exact) mass is 327 g/mol. The zero-order chi connectivity index (χ0) is 13.7. The molecule has 0 aliphatic carbocycles. The van der Waals surface area contributed by atoms with Gasteiger partial charge in [0.15, 0.2) is 0 Å². The average molecular weight is 328 g/mol. The number of amides is 1. The number of halogens is 1. The first kappa shape index (κ1) is 14.0. The molecule has 1 fully saturated rings. The summed E-state index contributed by atoms with van der Waals surface area (Å²) in [6.45, 7) is 5.02. The molecule has 7 heteroatoms. The lowest BCUT2D eigenvalue weighted by molar-refractivity contribution is -0.120. The van der Waals surface area contributed by atoms with Crippen LogP contribution in [0.25, 0.3) is 0 Å². The normalized spacial score (nSPS) is 15.9. The number of aromatic nitrogens is 2. The lowest BCUT2D eigenvalue weighted by Crippen LogP contribution is -2.29. The van der Waals surface area contributed by atoms with Gasteiger partial charge in [0.05, 0.1) is 4.47 Å². The second kappa shape index (κ2) is 6.70. The fraction of sp³-hybridized carbons (Fsp3) is 0.583. The van der Waals surface area contributed by atoms with Crippen LogP contribution in [0.1, 0.15) is 19.8 Å². The third-order valence-electron chi connectivity index (χ3n) is 2.87. The van der Waals surface area contributed by atoms with Crippen LogP contribution >= 0.6 is 15.9 Å². The van der Waals surface area contributed by atoms with Crippen molar-refractivity contribution in [1.29, 1.82) is 0 Å². The zero-order valence-electron chi connectivity index (χ0n) is 10.9. The van der Waals surface area contributed by atoms with Crippen LogP contribution in [0.3, 0.4) is 0 Å². The van der Waals surface area contributed by atoms with E-state index >= 15 is 0 Å². The van der Waals surface area contributed by atoms with Crippen LogP contribution < -0.4 is 15.5 Å². The summed E-state index contributed by atoms with van der Waals surface area (Å²) in [4.78, 5) is 22.2. The van der Waals surface area contributed by atoms with Crippen LogP contribution in [0.2, 0.25) is 0 Å². The van der Waals surface area contributed by atoms with Gasteiger partial charge in [-0.15, -0.1) is 0 Å². The van der Waals surface area contributed by atoms with Gasteiger partial charge in [-0.1, -0.05) is 6.92 Å². The molecular weight excluding hydrogens is 310 g/mol. The summed E-state index contributed by atoms with van der Waals surface area (Å²) in [6, 6.07) is 0. The van der Waals surface area contributed by atoms with Gasteiger partial charge >= 0.3 is 0 Å². The Morgan fingerprint density at radius 2 is 2.37 bits per heavy atom. The summed E-state index contributed by atoms with van der Waals surface area (Å²) in [5.74, 6) is 1.56. The molecule has 0 unspecified atom stereocenters. The van der Waals surface area contributed by atoms with Crippen molar-refractivity contribution in [1.82, 2.24) is 15.3 Å². The predicted octanol–water partition coefficient (Wildman–Crippen LogP) is 1.39. The quantitative estimate of drug-likeness (QED) is 0.874. The molecule has 0 spiro atoms. The Morgan fingerprint density at radius 3 is 3.16 bits per heavy atom. The summed E-state index contributed by atoms with van der Waals surface area (Å²) in [6.07, 6.45) is 3.27. The minimum atomic E-state index is 0.0945. The van der Waals surface area contributed by atoms with Gasteiger partial charge in [-0.05, 0) is 22.4 Å². The van der Waals surface area contributed by atoms with Crippen molar-refractivity contribution < 1.29 is 4.79 Å².